The molecular formula is C24H25NO2. The first-order valence-corrected chi connectivity index (χ1v) is 10.3. The number of nitrogens with zero attached hydrogens (tertiary/aromatic N) is 1. The Morgan fingerprint density at radius 3 is 2.89 bits per heavy atom. The lowest BCUT2D eigenvalue weighted by Crippen LogP contribution is -2.65. The molecule has 0 N–H and O–H groups in total. The molecule has 1 saturated carbocycles. The van der Waals surface area contributed by atoms with Gasteiger partial charge in [-0.15, -0.1) is 0 Å². The minimum Gasteiger partial charge on any atom is -0.481 e. The van der Waals surface area contributed by atoms with Crippen LogP contribution in [0.3, 0.4) is 0 Å². The summed E-state index contributed by atoms with van der Waals surface area (Å²) in [5.74, 6) is 1.89. The highest BCUT2D eigenvalue weighted by Gasteiger charge is 2.65. The zero-order chi connectivity index (χ0) is 18.2. The van der Waals surface area contributed by atoms with E-state index in [1.54, 1.807) is 0 Å². The molecule has 2 aromatic carbocycles. The van der Waals surface area contributed by atoms with Crippen molar-refractivity contribution in [2.24, 2.45) is 5.92 Å². The van der Waals surface area contributed by atoms with Gasteiger partial charge in [-0.2, -0.15) is 0 Å². The van der Waals surface area contributed by atoms with Crippen LogP contribution in [0.25, 0.3) is 0 Å². The summed E-state index contributed by atoms with van der Waals surface area (Å²) in [4.78, 5) is 15.5. The van der Waals surface area contributed by atoms with Crippen LogP contribution in [-0.4, -0.2) is 29.4 Å². The van der Waals surface area contributed by atoms with Gasteiger partial charge in [-0.25, -0.2) is 0 Å². The number of hydrogen-bond donors (Lipinski definition) is 0. The van der Waals surface area contributed by atoms with Crippen LogP contribution in [0.2, 0.25) is 0 Å². The van der Waals surface area contributed by atoms with E-state index in [0.29, 0.717) is 24.2 Å². The minimum absolute atomic E-state index is 0.0673. The fourth-order valence-electron chi connectivity index (χ4n) is 6.57. The molecule has 4 atom stereocenters. The molecule has 1 spiro atoms. The fraction of sp³-hybridized carbons (Fsp3) is 0.458. The van der Waals surface area contributed by atoms with E-state index in [9.17, 15) is 4.79 Å². The van der Waals surface area contributed by atoms with Gasteiger partial charge in [0.25, 0.3) is 0 Å². The van der Waals surface area contributed by atoms with Crippen molar-refractivity contribution in [1.29, 1.82) is 0 Å². The molecule has 2 bridgehead atoms. The van der Waals surface area contributed by atoms with Crippen molar-refractivity contribution < 1.29 is 9.53 Å². The van der Waals surface area contributed by atoms with Crippen LogP contribution in [-0.2, 0) is 23.2 Å². The minimum atomic E-state index is -0.243. The van der Waals surface area contributed by atoms with Crippen LogP contribution in [0.4, 0.5) is 0 Å². The van der Waals surface area contributed by atoms with E-state index in [4.69, 9.17) is 4.74 Å². The molecule has 0 radical (unpaired) electrons. The number of ketones is 1. The van der Waals surface area contributed by atoms with Crippen LogP contribution < -0.4 is 4.74 Å². The van der Waals surface area contributed by atoms with Gasteiger partial charge in [0.15, 0.2) is 11.9 Å². The number of benzene rings is 2. The molecule has 2 fully saturated rings. The first-order chi connectivity index (χ1) is 13.2. The molecule has 1 saturated heterocycles. The summed E-state index contributed by atoms with van der Waals surface area (Å²) < 4.78 is 6.41. The van der Waals surface area contributed by atoms with Gasteiger partial charge in [-0.3, -0.25) is 9.69 Å². The molecule has 2 heterocycles. The molecule has 4 aliphatic rings. The number of likely N-dealkylation sites (tertiary alicyclic amines) is 1. The predicted octanol–water partition coefficient (Wildman–Crippen LogP) is 3.80. The van der Waals surface area contributed by atoms with Gasteiger partial charge >= 0.3 is 0 Å². The summed E-state index contributed by atoms with van der Waals surface area (Å²) in [7, 11) is 0. The topological polar surface area (TPSA) is 29.5 Å². The maximum Gasteiger partial charge on any atom is 0.174 e. The summed E-state index contributed by atoms with van der Waals surface area (Å²) in [5.41, 5.74) is 5.33. The Kier molecular flexibility index (Phi) is 3.20. The van der Waals surface area contributed by atoms with Crippen molar-refractivity contribution in [3.05, 3.63) is 64.7 Å². The molecule has 138 valence electrons. The maximum atomic E-state index is 12.9. The highest BCUT2D eigenvalue weighted by atomic mass is 16.5. The number of carbonyl (C=O) groups is 1. The molecular weight excluding hydrogens is 334 g/mol. The van der Waals surface area contributed by atoms with Crippen LogP contribution in [0.1, 0.15) is 41.5 Å². The summed E-state index contributed by atoms with van der Waals surface area (Å²) in [6, 6.07) is 15.8. The number of hydrogen-bond acceptors (Lipinski definition) is 3. The molecule has 3 nitrogen and oxygen atoms in total. The average molecular weight is 359 g/mol. The molecule has 2 aliphatic carbocycles. The van der Waals surface area contributed by atoms with E-state index in [0.717, 1.165) is 38.1 Å². The number of Topliss-reactive ketones (excluding diaryl/α,β-unsaturated/α-hetero) is 1. The second-order valence-electron chi connectivity index (χ2n) is 8.87. The van der Waals surface area contributed by atoms with Crippen molar-refractivity contribution in [2.75, 3.05) is 6.54 Å². The number of piperidine rings is 1. The molecule has 2 aromatic rings. The third kappa shape index (κ3) is 1.98. The van der Waals surface area contributed by atoms with Crippen molar-refractivity contribution >= 4 is 5.78 Å². The average Bonchev–Trinajstić information content (AvgIpc) is 3.04. The summed E-state index contributed by atoms with van der Waals surface area (Å²) in [6.45, 7) is 4.18. The Labute approximate surface area is 160 Å². The first kappa shape index (κ1) is 15.9. The summed E-state index contributed by atoms with van der Waals surface area (Å²) in [6.07, 6.45) is 3.58. The van der Waals surface area contributed by atoms with E-state index in [1.165, 1.54) is 22.3 Å². The second kappa shape index (κ2) is 5.45. The quantitative estimate of drug-likeness (QED) is 0.817. The van der Waals surface area contributed by atoms with Gasteiger partial charge in [0, 0.05) is 30.0 Å². The predicted molar refractivity (Wildman–Crippen MR) is 104 cm³/mol. The summed E-state index contributed by atoms with van der Waals surface area (Å²) in [5, 5.41) is 0. The van der Waals surface area contributed by atoms with Gasteiger partial charge in [0.2, 0.25) is 0 Å². The highest BCUT2D eigenvalue weighted by Crippen LogP contribution is 2.62. The van der Waals surface area contributed by atoms with Crippen LogP contribution in [0.5, 0.6) is 5.75 Å². The zero-order valence-corrected chi connectivity index (χ0v) is 15.8. The van der Waals surface area contributed by atoms with E-state index >= 15 is 0 Å². The van der Waals surface area contributed by atoms with Crippen molar-refractivity contribution in [1.82, 2.24) is 4.90 Å². The van der Waals surface area contributed by atoms with E-state index in [1.807, 2.05) is 0 Å². The highest BCUT2D eigenvalue weighted by molar-refractivity contribution is 5.89. The van der Waals surface area contributed by atoms with Gasteiger partial charge in [0.1, 0.15) is 5.75 Å². The van der Waals surface area contributed by atoms with Gasteiger partial charge in [-0.05, 0) is 55.3 Å². The molecule has 3 heteroatoms. The standard InChI is InChI=1S/C24H25NO2/c1-15-7-8-17-13-19-18-9-10-20(26)23-24(18,21(17)22(15)27-23)11-12-25(19)14-16-5-3-2-4-6-16/h2-8,18-19,23H,9-14H2,1H3/t18-,19+,23?,24?/m1/s1. The Morgan fingerprint density at radius 2 is 2.04 bits per heavy atom. The zero-order valence-electron chi connectivity index (χ0n) is 15.8. The molecule has 27 heavy (non-hydrogen) atoms. The Morgan fingerprint density at radius 1 is 1.19 bits per heavy atom. The largest absolute Gasteiger partial charge is 0.481 e. The third-order valence-electron chi connectivity index (χ3n) is 7.67. The second-order valence-corrected chi connectivity index (χ2v) is 8.87. The Balaban J connectivity index is 1.47. The molecule has 0 amide bonds. The maximum absolute atomic E-state index is 12.9. The van der Waals surface area contributed by atoms with Gasteiger partial charge in [0.05, 0.1) is 0 Å². The third-order valence-corrected chi connectivity index (χ3v) is 7.67. The van der Waals surface area contributed by atoms with Crippen LogP contribution in [0, 0.1) is 12.8 Å². The monoisotopic (exact) mass is 359 g/mol. The number of ether oxygens (including phenoxy) is 1. The molecule has 0 aromatic heterocycles. The fourth-order valence-corrected chi connectivity index (χ4v) is 6.57. The Hall–Kier alpha value is -2.13. The molecule has 2 aliphatic heterocycles. The number of carbonyl (C=O) groups excluding carboxylic acids is 1. The lowest BCUT2D eigenvalue weighted by molar-refractivity contribution is -0.139. The summed E-state index contributed by atoms with van der Waals surface area (Å²) >= 11 is 0. The van der Waals surface area contributed by atoms with E-state index in [-0.39, 0.29) is 11.5 Å². The first-order valence-electron chi connectivity index (χ1n) is 10.3. The lowest BCUT2D eigenvalue weighted by atomic mass is 9.51. The van der Waals surface area contributed by atoms with Gasteiger partial charge < -0.3 is 4.74 Å². The lowest BCUT2D eigenvalue weighted by Gasteiger charge is -2.57. The van der Waals surface area contributed by atoms with E-state index < -0.39 is 0 Å². The molecule has 6 rings (SSSR count). The SMILES string of the molecule is Cc1ccc2c3c1OC1C(=O)CC[C@@H]4[C@H](C2)N(Cc2ccccc2)CCC314. The van der Waals surface area contributed by atoms with Crippen LogP contribution in [0.15, 0.2) is 42.5 Å². The van der Waals surface area contributed by atoms with E-state index in [2.05, 4.69) is 54.3 Å². The van der Waals surface area contributed by atoms with Crippen molar-refractivity contribution in [3.8, 4) is 5.75 Å². The van der Waals surface area contributed by atoms with Crippen LogP contribution >= 0.6 is 0 Å². The van der Waals surface area contributed by atoms with Gasteiger partial charge in [-0.1, -0.05) is 42.5 Å². The molecule has 2 unspecified atom stereocenters. The normalized spacial score (nSPS) is 33.5. The number of rotatable bonds is 2. The van der Waals surface area contributed by atoms with Crippen molar-refractivity contribution in [2.45, 2.75) is 56.7 Å². The smallest absolute Gasteiger partial charge is 0.174 e. The Bertz CT molecular complexity index is 937. The number of aryl methyl sites for hydroxylation is 1. The van der Waals surface area contributed by atoms with Crippen molar-refractivity contribution in [3.63, 3.8) is 0 Å².